The van der Waals surface area contributed by atoms with Crippen molar-refractivity contribution >= 4 is 39.5 Å². The Labute approximate surface area is 123 Å². The fourth-order valence-corrected chi connectivity index (χ4v) is 2.55. The van der Waals surface area contributed by atoms with Crippen molar-refractivity contribution in [2.75, 3.05) is 13.1 Å². The van der Waals surface area contributed by atoms with Crippen LogP contribution < -0.4 is 0 Å². The minimum atomic E-state index is -1.08. The Balaban J connectivity index is 3.00. The highest BCUT2D eigenvalue weighted by Gasteiger charge is 2.22. The molecule has 0 aromatic heterocycles. The summed E-state index contributed by atoms with van der Waals surface area (Å²) in [7, 11) is 0. The normalized spacial score (nSPS) is 12.4. The third kappa shape index (κ3) is 4.81. The molecule has 19 heavy (non-hydrogen) atoms. The van der Waals surface area contributed by atoms with Crippen molar-refractivity contribution in [2.45, 2.75) is 13.0 Å². The van der Waals surface area contributed by atoms with Gasteiger partial charge in [0.1, 0.15) is 0 Å². The molecule has 1 unspecified atom stereocenters. The van der Waals surface area contributed by atoms with Crippen LogP contribution in [-0.4, -0.2) is 40.1 Å². The molecule has 0 aliphatic rings. The van der Waals surface area contributed by atoms with Gasteiger partial charge in [0, 0.05) is 15.5 Å². The van der Waals surface area contributed by atoms with Gasteiger partial charge in [0.05, 0.1) is 13.1 Å². The van der Waals surface area contributed by atoms with Gasteiger partial charge in [-0.25, -0.2) is 0 Å². The maximum atomic E-state index is 10.8. The molecule has 1 rings (SSSR count). The second kappa shape index (κ2) is 6.88. The van der Waals surface area contributed by atoms with Crippen molar-refractivity contribution < 1.29 is 19.8 Å². The highest BCUT2D eigenvalue weighted by Crippen LogP contribution is 2.29. The third-order valence-corrected chi connectivity index (χ3v) is 3.46. The topological polar surface area (TPSA) is 77.8 Å². The molecule has 0 radical (unpaired) electrons. The molecule has 0 bridgehead atoms. The van der Waals surface area contributed by atoms with Gasteiger partial charge in [-0.1, -0.05) is 33.6 Å². The number of aliphatic carboxylic acids is 2. The number of carboxylic acid groups (broad SMARTS) is 2. The zero-order valence-corrected chi connectivity index (χ0v) is 12.5. The first-order valence-electron chi connectivity index (χ1n) is 5.44. The predicted octanol–water partition coefficient (Wildman–Crippen LogP) is 2.63. The molecule has 0 fully saturated rings. The number of nitrogens with zero attached hydrogens (tertiary/aromatic N) is 1. The number of rotatable bonds is 6. The summed E-state index contributed by atoms with van der Waals surface area (Å²) < 4.78 is 0.802. The lowest BCUT2D eigenvalue weighted by atomic mass is 10.1. The summed E-state index contributed by atoms with van der Waals surface area (Å²) in [5, 5.41) is 18.1. The maximum absolute atomic E-state index is 10.8. The minimum absolute atomic E-state index is 0.361. The summed E-state index contributed by atoms with van der Waals surface area (Å²) in [5.41, 5.74) is 0.687. The molecule has 0 spiro atoms. The van der Waals surface area contributed by atoms with E-state index in [1.165, 1.54) is 4.90 Å². The van der Waals surface area contributed by atoms with Crippen molar-refractivity contribution in [3.8, 4) is 0 Å². The molecule has 104 valence electrons. The highest BCUT2D eigenvalue weighted by molar-refractivity contribution is 9.10. The summed E-state index contributed by atoms with van der Waals surface area (Å²) in [5.74, 6) is -2.16. The van der Waals surface area contributed by atoms with Gasteiger partial charge in [-0.15, -0.1) is 0 Å². The van der Waals surface area contributed by atoms with Crippen LogP contribution in [0, 0.1) is 0 Å². The number of benzene rings is 1. The van der Waals surface area contributed by atoms with E-state index >= 15 is 0 Å². The fourth-order valence-electron chi connectivity index (χ4n) is 1.71. The molecule has 1 aromatic rings. The van der Waals surface area contributed by atoms with Crippen molar-refractivity contribution in [2.24, 2.45) is 0 Å². The maximum Gasteiger partial charge on any atom is 0.317 e. The molecule has 0 amide bonds. The van der Waals surface area contributed by atoms with Gasteiger partial charge < -0.3 is 10.2 Å². The van der Waals surface area contributed by atoms with Crippen molar-refractivity contribution in [3.05, 3.63) is 33.3 Å². The van der Waals surface area contributed by atoms with E-state index in [0.29, 0.717) is 10.6 Å². The van der Waals surface area contributed by atoms with Gasteiger partial charge in [0.15, 0.2) is 0 Å². The summed E-state index contributed by atoms with van der Waals surface area (Å²) in [4.78, 5) is 22.9. The Morgan fingerprint density at radius 2 is 1.84 bits per heavy atom. The standard InChI is InChI=1S/C12H13BrClNO4/c1-7(9-3-2-8(13)4-10(9)14)15(5-11(16)17)6-12(18)19/h2-4,7H,5-6H2,1H3,(H,16,17)(H,18,19). The molecule has 7 heteroatoms. The number of carboxylic acids is 2. The van der Waals surface area contributed by atoms with Crippen LogP contribution in [0.3, 0.4) is 0 Å². The fraction of sp³-hybridized carbons (Fsp3) is 0.333. The van der Waals surface area contributed by atoms with E-state index in [1.54, 1.807) is 25.1 Å². The first-order chi connectivity index (χ1) is 8.81. The second-order valence-corrected chi connectivity index (χ2v) is 5.36. The van der Waals surface area contributed by atoms with Crippen LogP contribution in [0.2, 0.25) is 5.02 Å². The number of halogens is 2. The average molecular weight is 351 g/mol. The van der Waals surface area contributed by atoms with Crippen LogP contribution in [0.15, 0.2) is 22.7 Å². The van der Waals surface area contributed by atoms with Crippen LogP contribution in [0.25, 0.3) is 0 Å². The van der Waals surface area contributed by atoms with Crippen molar-refractivity contribution in [1.82, 2.24) is 4.90 Å². The molecule has 2 N–H and O–H groups in total. The quantitative estimate of drug-likeness (QED) is 0.824. The van der Waals surface area contributed by atoms with E-state index < -0.39 is 18.0 Å². The summed E-state index contributed by atoms with van der Waals surface area (Å²) in [6, 6.07) is 4.80. The lowest BCUT2D eigenvalue weighted by Crippen LogP contribution is -2.36. The van der Waals surface area contributed by atoms with Gasteiger partial charge in [-0.2, -0.15) is 0 Å². The zero-order valence-electron chi connectivity index (χ0n) is 10.1. The molecule has 0 aliphatic carbocycles. The smallest absolute Gasteiger partial charge is 0.317 e. The third-order valence-electron chi connectivity index (χ3n) is 2.64. The number of hydrogen-bond donors (Lipinski definition) is 2. The lowest BCUT2D eigenvalue weighted by Gasteiger charge is -2.26. The Morgan fingerprint density at radius 1 is 1.32 bits per heavy atom. The zero-order chi connectivity index (χ0) is 14.6. The SMILES string of the molecule is CC(c1ccc(Br)cc1Cl)N(CC(=O)O)CC(=O)O. The van der Waals surface area contributed by atoms with E-state index in [2.05, 4.69) is 15.9 Å². The summed E-state index contributed by atoms with van der Waals surface area (Å²) in [6.07, 6.45) is 0. The van der Waals surface area contributed by atoms with Crippen LogP contribution in [0.5, 0.6) is 0 Å². The minimum Gasteiger partial charge on any atom is -0.480 e. The molecule has 5 nitrogen and oxygen atoms in total. The molecule has 0 aliphatic heterocycles. The van der Waals surface area contributed by atoms with Crippen molar-refractivity contribution in [3.63, 3.8) is 0 Å². The summed E-state index contributed by atoms with van der Waals surface area (Å²) in [6.45, 7) is 1.00. The monoisotopic (exact) mass is 349 g/mol. The van der Waals surface area contributed by atoms with E-state index in [1.807, 2.05) is 0 Å². The second-order valence-electron chi connectivity index (χ2n) is 4.03. The van der Waals surface area contributed by atoms with E-state index in [-0.39, 0.29) is 13.1 Å². The van der Waals surface area contributed by atoms with Gasteiger partial charge >= 0.3 is 11.9 Å². The molecule has 0 saturated heterocycles. The number of carbonyl (C=O) groups is 2. The van der Waals surface area contributed by atoms with Crippen LogP contribution >= 0.6 is 27.5 Å². The Kier molecular flexibility index (Phi) is 5.78. The van der Waals surface area contributed by atoms with Crippen LogP contribution in [0.4, 0.5) is 0 Å². The van der Waals surface area contributed by atoms with Gasteiger partial charge in [0.25, 0.3) is 0 Å². The first-order valence-corrected chi connectivity index (χ1v) is 6.61. The molecule has 1 aromatic carbocycles. The van der Waals surface area contributed by atoms with Gasteiger partial charge in [0.2, 0.25) is 0 Å². The molecular weight excluding hydrogens is 337 g/mol. The highest BCUT2D eigenvalue weighted by atomic mass is 79.9. The van der Waals surface area contributed by atoms with Crippen LogP contribution in [-0.2, 0) is 9.59 Å². The molecular formula is C12H13BrClNO4. The van der Waals surface area contributed by atoms with E-state index in [9.17, 15) is 9.59 Å². The number of hydrogen-bond acceptors (Lipinski definition) is 3. The van der Waals surface area contributed by atoms with E-state index in [4.69, 9.17) is 21.8 Å². The van der Waals surface area contributed by atoms with Crippen molar-refractivity contribution in [1.29, 1.82) is 0 Å². The Bertz CT molecular complexity index is 479. The molecule has 0 saturated carbocycles. The molecule has 1 atom stereocenters. The van der Waals surface area contributed by atoms with Gasteiger partial charge in [-0.3, -0.25) is 14.5 Å². The van der Waals surface area contributed by atoms with Gasteiger partial charge in [-0.05, 0) is 24.6 Å². The largest absolute Gasteiger partial charge is 0.480 e. The summed E-state index contributed by atoms with van der Waals surface area (Å²) >= 11 is 9.37. The Hall–Kier alpha value is -1.11. The van der Waals surface area contributed by atoms with Crippen LogP contribution in [0.1, 0.15) is 18.5 Å². The molecule has 0 heterocycles. The Morgan fingerprint density at radius 3 is 2.26 bits per heavy atom. The van der Waals surface area contributed by atoms with E-state index in [0.717, 1.165) is 4.47 Å². The lowest BCUT2D eigenvalue weighted by molar-refractivity contribution is -0.142. The first kappa shape index (κ1) is 15.9. The predicted molar refractivity (Wildman–Crippen MR) is 74.4 cm³/mol. The average Bonchev–Trinajstić information content (AvgIpc) is 2.26.